The molecule has 0 aromatic rings. The Balaban J connectivity index is -0.0000000252. The molecule has 0 atom stereocenters. The Morgan fingerprint density at radius 1 is 0.889 bits per heavy atom. The maximum absolute atomic E-state index is 7.13. The number of hydrogen-bond acceptors (Lipinski definition) is 6. The third-order valence-corrected chi connectivity index (χ3v) is 0. The van der Waals surface area contributed by atoms with Crippen molar-refractivity contribution in [1.29, 1.82) is 10.5 Å². The average Bonchev–Trinajstić information content (AvgIpc) is 2.04. The molecule has 0 unspecified atom stereocenters. The van der Waals surface area contributed by atoms with E-state index in [1.54, 1.807) is 0 Å². The van der Waals surface area contributed by atoms with Gasteiger partial charge in [-0.3, -0.25) is 0 Å². The van der Waals surface area contributed by atoms with Gasteiger partial charge in [-0.25, -0.2) is 10.5 Å². The van der Waals surface area contributed by atoms with Gasteiger partial charge in [0.05, 0.1) is 0 Å². The zero-order valence-electron chi connectivity index (χ0n) is 7.57. The first-order valence-corrected chi connectivity index (χ1v) is 11.8. The van der Waals surface area contributed by atoms with Crippen LogP contribution in [0.1, 0.15) is 0 Å². The summed E-state index contributed by atoms with van der Waals surface area (Å²) in [5.41, 5.74) is 0. The molecule has 0 saturated carbocycles. The summed E-state index contributed by atoms with van der Waals surface area (Å²) >= 11 is 12.0. The van der Waals surface area contributed by atoms with Crippen LogP contribution in [0.25, 0.3) is 10.8 Å². The number of halogens is 4. The molecular formula is C4Cl4N4Pd2S4-4. The van der Waals surface area contributed by atoms with Gasteiger partial charge >= 0.3 is 49.6 Å². The fourth-order valence-corrected chi connectivity index (χ4v) is 0. The van der Waals surface area contributed by atoms with E-state index in [-0.39, 0.29) is 20.4 Å². The molecule has 0 N–H and O–H groups in total. The summed E-state index contributed by atoms with van der Waals surface area (Å²) in [6.45, 7) is 0. The van der Waals surface area contributed by atoms with Crippen molar-refractivity contribution in [3.63, 3.8) is 0 Å². The number of thiocarbonyl (C=S) groups is 2. The summed E-state index contributed by atoms with van der Waals surface area (Å²) in [4.78, 5) is 0. The standard InChI is InChI=1S/2CHNS.2CNS.4ClH.2Pd/c4*2-1-3;;;;;;/h2*3H;;;4*1H;;/q;;2*-1;;;;;;+4/p-6. The maximum atomic E-state index is 7.13. The Morgan fingerprint density at radius 2 is 0.889 bits per heavy atom. The van der Waals surface area contributed by atoms with Crippen molar-refractivity contribution < 1.29 is 31.9 Å². The van der Waals surface area contributed by atoms with Crippen molar-refractivity contribution in [3.8, 4) is 10.8 Å². The van der Waals surface area contributed by atoms with Gasteiger partial charge in [0.2, 0.25) is 0 Å². The van der Waals surface area contributed by atoms with Crippen LogP contribution in [0.5, 0.6) is 0 Å². The van der Waals surface area contributed by atoms with Gasteiger partial charge in [-0.05, 0) is 0 Å². The van der Waals surface area contributed by atoms with E-state index in [0.717, 1.165) is 0 Å². The average molecular weight is 587 g/mol. The number of nitrogens with zero attached hydrogens (tertiary/aromatic N) is 4. The van der Waals surface area contributed by atoms with Crippen molar-refractivity contribution in [2.24, 2.45) is 0 Å². The number of rotatable bonds is 0. The summed E-state index contributed by atoms with van der Waals surface area (Å²) in [5.74, 6) is 0. The number of thiocyanates is 2. The second kappa shape index (κ2) is 42.8. The first kappa shape index (κ1) is 36.6. The zero-order chi connectivity index (χ0) is 15.3. The molecule has 14 heteroatoms. The Kier molecular flexibility index (Phi) is 87.2. The second-order valence-electron chi connectivity index (χ2n) is 0.636. The van der Waals surface area contributed by atoms with Crippen LogP contribution in [-0.2, 0) is 57.1 Å². The topological polar surface area (TPSA) is 92.2 Å². The summed E-state index contributed by atoms with van der Waals surface area (Å²) in [6, 6.07) is 0. The molecule has 0 aliphatic rings. The molecule has 0 fully saturated rings. The molecule has 0 amide bonds. The third kappa shape index (κ3) is 2110. The molecule has 0 aliphatic carbocycles. The Labute approximate surface area is 160 Å². The van der Waals surface area contributed by atoms with Crippen LogP contribution >= 0.6 is 62.6 Å². The van der Waals surface area contributed by atoms with E-state index in [2.05, 4.69) is 49.7 Å². The maximum Gasteiger partial charge on any atom is 0 e. The van der Waals surface area contributed by atoms with Crippen LogP contribution in [0, 0.1) is 21.3 Å². The third-order valence-electron chi connectivity index (χ3n) is 0. The van der Waals surface area contributed by atoms with Crippen LogP contribution in [0.3, 0.4) is 0 Å². The fraction of sp³-hybridized carbons (Fsp3) is 0. The van der Waals surface area contributed by atoms with E-state index < -0.39 is 11.5 Å². The number of nitriles is 2. The molecule has 0 aromatic carbocycles. The van der Waals surface area contributed by atoms with Gasteiger partial charge < -0.3 is 36.1 Å². The van der Waals surface area contributed by atoms with Gasteiger partial charge in [0.15, 0.2) is 0 Å². The van der Waals surface area contributed by atoms with E-state index in [9.17, 15) is 0 Å². The Bertz CT molecular complexity index is 257. The number of hydrogen-bond donors (Lipinski definition) is 0. The molecule has 0 saturated heterocycles. The van der Waals surface area contributed by atoms with Crippen LogP contribution < -0.4 is 0 Å². The van der Waals surface area contributed by atoms with E-state index in [1.165, 1.54) is 21.1 Å². The minimum Gasteiger partial charge on any atom is -0.753 e. The molecule has 0 heterocycles. The van der Waals surface area contributed by atoms with Crippen LogP contribution in [0.2, 0.25) is 0 Å². The summed E-state index contributed by atoms with van der Waals surface area (Å²) in [6.07, 6.45) is 0. The molecule has 0 spiro atoms. The Morgan fingerprint density at radius 3 is 0.889 bits per heavy atom. The molecule has 112 valence electrons. The quantitative estimate of drug-likeness (QED) is 0.140. The summed E-state index contributed by atoms with van der Waals surface area (Å²) in [7, 11) is 19.9. The zero-order valence-corrected chi connectivity index (χ0v) is 17.0. The van der Waals surface area contributed by atoms with Gasteiger partial charge in [0, 0.05) is 20.4 Å². The van der Waals surface area contributed by atoms with Crippen LogP contribution in [0.15, 0.2) is 0 Å². The molecule has 4 nitrogen and oxygen atoms in total. The van der Waals surface area contributed by atoms with E-state index in [4.69, 9.17) is 59.5 Å². The Hall–Kier alpha value is 1.50. The van der Waals surface area contributed by atoms with Crippen molar-refractivity contribution in [2.45, 2.75) is 0 Å². The normalized spacial score (nSPS) is 5.89. The predicted octanol–water partition coefficient (Wildman–Crippen LogP) is 4.10. The van der Waals surface area contributed by atoms with Crippen molar-refractivity contribution in [3.05, 3.63) is 10.8 Å². The second-order valence-corrected chi connectivity index (χ2v) is 15.5. The molecule has 0 aliphatic heterocycles. The number of isothiocyanates is 2. The smallest absolute Gasteiger partial charge is 0 e. The van der Waals surface area contributed by atoms with Gasteiger partial charge in [-0.15, -0.1) is 0 Å². The summed E-state index contributed by atoms with van der Waals surface area (Å²) < 4.78 is 0. The minimum absolute atomic E-state index is 0. The monoisotopic (exact) mass is 584 g/mol. The minimum atomic E-state index is -2.81. The summed E-state index contributed by atoms with van der Waals surface area (Å²) in [5, 5.41) is 33.9. The first-order chi connectivity index (χ1) is 7.66. The molecule has 0 bridgehead atoms. The molecular weight excluding hydrogens is 587 g/mol. The van der Waals surface area contributed by atoms with Gasteiger partial charge in [0.1, 0.15) is 0 Å². The van der Waals surface area contributed by atoms with E-state index >= 15 is 0 Å². The van der Waals surface area contributed by atoms with Gasteiger partial charge in [0.25, 0.3) is 0 Å². The molecule has 18 heavy (non-hydrogen) atoms. The van der Waals surface area contributed by atoms with Gasteiger partial charge in [-0.1, -0.05) is 35.2 Å². The van der Waals surface area contributed by atoms with Gasteiger partial charge in [-0.2, -0.15) is 10.3 Å². The predicted molar refractivity (Wildman–Crippen MR) is 81.3 cm³/mol. The van der Waals surface area contributed by atoms with Crippen molar-refractivity contribution in [1.82, 2.24) is 0 Å². The molecule has 0 radical (unpaired) electrons. The van der Waals surface area contributed by atoms with E-state index in [0.29, 0.717) is 0 Å². The first-order valence-electron chi connectivity index (χ1n) is 2.19. The molecule has 0 aromatic heterocycles. The van der Waals surface area contributed by atoms with Crippen molar-refractivity contribution in [2.75, 3.05) is 0 Å². The van der Waals surface area contributed by atoms with E-state index in [1.807, 2.05) is 0 Å². The SMILES string of the molecule is N#C[S-].N#C[S-].[Cl][Pd]([Cl])([Cl])[Cl].[N-]=C=S.[N-]=C=S.[Pd]. The van der Waals surface area contributed by atoms with Crippen LogP contribution in [0.4, 0.5) is 0 Å². The fourth-order valence-electron chi connectivity index (χ4n) is 0. The van der Waals surface area contributed by atoms with Crippen LogP contribution in [-0.4, -0.2) is 10.3 Å². The molecule has 0 rings (SSSR count). The van der Waals surface area contributed by atoms with Crippen molar-refractivity contribution >= 4 is 98.1 Å². The largest absolute Gasteiger partial charge is 0.753 e.